The summed E-state index contributed by atoms with van der Waals surface area (Å²) in [6.07, 6.45) is 5.96. The molecule has 0 aliphatic carbocycles. The lowest BCUT2D eigenvalue weighted by molar-refractivity contribution is 1.17. The fraction of sp³-hybridized carbons (Fsp3) is 0.0256. The summed E-state index contributed by atoms with van der Waals surface area (Å²) in [6, 6.07) is 35.9. The van der Waals surface area contributed by atoms with Crippen molar-refractivity contribution in [3.05, 3.63) is 131 Å². The lowest BCUT2D eigenvalue weighted by atomic mass is 9.98. The van der Waals surface area contributed by atoms with Crippen LogP contribution >= 0.6 is 22.7 Å². The zero-order valence-corrected chi connectivity index (χ0v) is 25.4. The minimum Gasteiger partial charge on any atom is -0.307 e. The van der Waals surface area contributed by atoms with E-state index in [-0.39, 0.29) is 0 Å². The Labute approximate surface area is 262 Å². The normalized spacial score (nSPS) is 11.7. The molecule has 0 fully saturated rings. The van der Waals surface area contributed by atoms with E-state index in [2.05, 4.69) is 84.8 Å². The Bertz CT molecular complexity index is 2610. The number of nitriles is 2. The molecule has 0 bridgehead atoms. The molecule has 206 valence electrons. The second kappa shape index (κ2) is 10.1. The average molecular weight is 598 g/mol. The van der Waals surface area contributed by atoms with E-state index in [9.17, 15) is 10.5 Å². The van der Waals surface area contributed by atoms with Crippen LogP contribution in [0.2, 0.25) is 0 Å². The number of aromatic nitrogens is 1. The van der Waals surface area contributed by atoms with Crippen molar-refractivity contribution in [3.63, 3.8) is 0 Å². The SMILES string of the molecule is C=C/C=C\c1sc2c(ccc3c4cc(-c5cccc(C#N)c5-n5c6ccccc6c6cc(C#N)ccc65)ccc4sc32)c1C. The predicted molar refractivity (Wildman–Crippen MR) is 188 cm³/mol. The highest BCUT2D eigenvalue weighted by Gasteiger charge is 2.20. The lowest BCUT2D eigenvalue weighted by Crippen LogP contribution is -2.00. The van der Waals surface area contributed by atoms with Crippen molar-refractivity contribution in [2.24, 2.45) is 0 Å². The first-order chi connectivity index (χ1) is 21.6. The van der Waals surface area contributed by atoms with Gasteiger partial charge in [-0.15, -0.1) is 22.7 Å². The van der Waals surface area contributed by atoms with E-state index in [1.807, 2.05) is 77.3 Å². The quantitative estimate of drug-likeness (QED) is 0.190. The van der Waals surface area contributed by atoms with Gasteiger partial charge in [0.15, 0.2) is 0 Å². The highest BCUT2D eigenvalue weighted by molar-refractivity contribution is 7.31. The van der Waals surface area contributed by atoms with E-state index in [0.717, 1.165) is 38.6 Å². The minimum atomic E-state index is 0.598. The van der Waals surface area contributed by atoms with Gasteiger partial charge in [0, 0.05) is 36.7 Å². The second-order valence-electron chi connectivity index (χ2n) is 10.8. The molecule has 3 heterocycles. The van der Waals surface area contributed by atoms with Gasteiger partial charge in [0.25, 0.3) is 0 Å². The number of allylic oxidation sites excluding steroid dienone is 2. The van der Waals surface area contributed by atoms with E-state index < -0.39 is 0 Å². The van der Waals surface area contributed by atoms with Crippen molar-refractivity contribution < 1.29 is 0 Å². The van der Waals surface area contributed by atoms with Gasteiger partial charge in [-0.25, -0.2) is 0 Å². The lowest BCUT2D eigenvalue weighted by Gasteiger charge is -2.16. The summed E-state index contributed by atoms with van der Waals surface area (Å²) >= 11 is 3.68. The molecule has 5 aromatic carbocycles. The molecule has 5 heteroatoms. The van der Waals surface area contributed by atoms with Crippen LogP contribution in [-0.2, 0) is 0 Å². The Hall–Kier alpha value is -5.46. The van der Waals surface area contributed by atoms with Gasteiger partial charge >= 0.3 is 0 Å². The summed E-state index contributed by atoms with van der Waals surface area (Å²) in [5, 5.41) is 25.8. The molecule has 0 N–H and O–H groups in total. The summed E-state index contributed by atoms with van der Waals surface area (Å²) in [6.45, 7) is 6.02. The van der Waals surface area contributed by atoms with Crippen LogP contribution < -0.4 is 0 Å². The number of rotatable bonds is 4. The van der Waals surface area contributed by atoms with Crippen LogP contribution in [0.15, 0.2) is 110 Å². The Morgan fingerprint density at radius 1 is 0.727 bits per heavy atom. The summed E-state index contributed by atoms with van der Waals surface area (Å²) in [5.41, 5.74) is 7.37. The molecule has 0 saturated heterocycles. The highest BCUT2D eigenvalue weighted by atomic mass is 32.1. The molecule has 0 atom stereocenters. The first kappa shape index (κ1) is 26.2. The summed E-state index contributed by atoms with van der Waals surface area (Å²) in [4.78, 5) is 1.26. The largest absolute Gasteiger partial charge is 0.307 e. The number of thiophene rings is 2. The summed E-state index contributed by atoms with van der Waals surface area (Å²) < 4.78 is 6.05. The summed E-state index contributed by atoms with van der Waals surface area (Å²) in [7, 11) is 0. The van der Waals surface area contributed by atoms with E-state index in [4.69, 9.17) is 0 Å². The Morgan fingerprint density at radius 3 is 2.39 bits per heavy atom. The van der Waals surface area contributed by atoms with Crippen molar-refractivity contribution in [3.8, 4) is 29.0 Å². The molecule has 8 aromatic rings. The maximum Gasteiger partial charge on any atom is 0.101 e. The fourth-order valence-corrected chi connectivity index (χ4v) is 8.94. The number of fused-ring (bicyclic) bond motifs is 8. The van der Waals surface area contributed by atoms with Gasteiger partial charge in [0.05, 0.1) is 43.3 Å². The van der Waals surface area contributed by atoms with Gasteiger partial charge in [-0.05, 0) is 72.0 Å². The van der Waals surface area contributed by atoms with Crippen molar-refractivity contribution in [1.29, 1.82) is 10.5 Å². The molecular formula is C39H23N3S2. The molecule has 8 rings (SSSR count). The third kappa shape index (κ3) is 3.78. The van der Waals surface area contributed by atoms with Crippen molar-refractivity contribution in [2.75, 3.05) is 0 Å². The fourth-order valence-electron chi connectivity index (χ4n) is 6.40. The van der Waals surface area contributed by atoms with Crippen molar-refractivity contribution in [2.45, 2.75) is 6.92 Å². The van der Waals surface area contributed by atoms with Gasteiger partial charge < -0.3 is 4.57 Å². The van der Waals surface area contributed by atoms with Crippen molar-refractivity contribution in [1.82, 2.24) is 4.57 Å². The van der Waals surface area contributed by atoms with Crippen LogP contribution in [0.4, 0.5) is 0 Å². The molecule has 0 aliphatic rings. The molecule has 0 unspecified atom stereocenters. The van der Waals surface area contributed by atoms with Crippen LogP contribution in [0.25, 0.3) is 75.0 Å². The molecule has 0 radical (unpaired) electrons. The van der Waals surface area contributed by atoms with Crippen LogP contribution in [-0.4, -0.2) is 4.57 Å². The van der Waals surface area contributed by atoms with Gasteiger partial charge in [-0.2, -0.15) is 10.5 Å². The van der Waals surface area contributed by atoms with Gasteiger partial charge in [-0.1, -0.05) is 67.3 Å². The monoisotopic (exact) mass is 597 g/mol. The van der Waals surface area contributed by atoms with Gasteiger partial charge in [-0.3, -0.25) is 0 Å². The van der Waals surface area contributed by atoms with E-state index in [1.54, 1.807) is 0 Å². The number of nitrogens with zero attached hydrogens (tertiary/aromatic N) is 3. The molecule has 3 aromatic heterocycles. The molecule has 0 spiro atoms. The summed E-state index contributed by atoms with van der Waals surface area (Å²) in [5.74, 6) is 0. The zero-order chi connectivity index (χ0) is 29.9. The molecule has 0 saturated carbocycles. The number of hydrogen-bond acceptors (Lipinski definition) is 4. The van der Waals surface area contributed by atoms with Gasteiger partial charge in [0.1, 0.15) is 6.07 Å². The average Bonchev–Trinajstić information content (AvgIpc) is 3.71. The van der Waals surface area contributed by atoms with Gasteiger partial charge in [0.2, 0.25) is 0 Å². The topological polar surface area (TPSA) is 52.5 Å². The third-order valence-corrected chi connectivity index (χ3v) is 11.1. The Balaban J connectivity index is 1.40. The second-order valence-corrected chi connectivity index (χ2v) is 12.9. The first-order valence-corrected chi connectivity index (χ1v) is 15.9. The molecule has 0 amide bonds. The van der Waals surface area contributed by atoms with Crippen LogP contribution in [0, 0.1) is 29.6 Å². The number of para-hydroxylation sites is 2. The van der Waals surface area contributed by atoms with E-state index in [1.165, 1.54) is 40.7 Å². The van der Waals surface area contributed by atoms with Crippen molar-refractivity contribution >= 4 is 80.8 Å². The minimum absolute atomic E-state index is 0.598. The number of benzene rings is 5. The van der Waals surface area contributed by atoms with Crippen LogP contribution in [0.5, 0.6) is 0 Å². The Morgan fingerprint density at radius 2 is 1.55 bits per heavy atom. The predicted octanol–water partition coefficient (Wildman–Crippen LogP) is 11.3. The standard InChI is InChI=1S/C39H23N3S2/c1-3-4-12-35-23(2)27-15-16-30-32-20-25(14-18-36(32)44-39(30)38(27)43-35)28-10-7-8-26(22-41)37(28)42-33-11-6-5-9-29(33)31-19-24(21-40)13-17-34(31)42/h3-20H,1H2,2H3/b12-4-. The van der Waals surface area contributed by atoms with E-state index >= 15 is 0 Å². The maximum atomic E-state index is 10.4. The number of hydrogen-bond donors (Lipinski definition) is 0. The maximum absolute atomic E-state index is 10.4. The molecule has 3 nitrogen and oxygen atoms in total. The van der Waals surface area contributed by atoms with Crippen LogP contribution in [0.3, 0.4) is 0 Å². The molecule has 0 aliphatic heterocycles. The first-order valence-electron chi connectivity index (χ1n) is 14.3. The molecule has 44 heavy (non-hydrogen) atoms. The Kier molecular flexibility index (Phi) is 6.00. The van der Waals surface area contributed by atoms with Crippen LogP contribution in [0.1, 0.15) is 21.6 Å². The zero-order valence-electron chi connectivity index (χ0n) is 23.8. The number of aryl methyl sites for hydroxylation is 1. The smallest absolute Gasteiger partial charge is 0.101 e. The molecular weight excluding hydrogens is 575 g/mol. The third-order valence-electron chi connectivity index (χ3n) is 8.46. The highest BCUT2D eigenvalue weighted by Crippen LogP contribution is 2.45. The van der Waals surface area contributed by atoms with E-state index in [0.29, 0.717) is 11.1 Å².